The van der Waals surface area contributed by atoms with E-state index in [-0.39, 0.29) is 17.7 Å². The van der Waals surface area contributed by atoms with Crippen molar-refractivity contribution in [2.45, 2.75) is 25.7 Å². The Kier molecular flexibility index (Phi) is 3.52. The van der Waals surface area contributed by atoms with E-state index in [1.54, 1.807) is 6.20 Å². The number of aromatic nitrogens is 1. The van der Waals surface area contributed by atoms with Gasteiger partial charge in [0.15, 0.2) is 0 Å². The van der Waals surface area contributed by atoms with Crippen molar-refractivity contribution in [3.8, 4) is 0 Å². The number of carbonyl (C=O) groups excluding carboxylic acids is 2. The Labute approximate surface area is 140 Å². The number of rotatable bonds is 3. The van der Waals surface area contributed by atoms with Gasteiger partial charge in [0.25, 0.3) is 0 Å². The van der Waals surface area contributed by atoms with Gasteiger partial charge >= 0.3 is 0 Å². The summed E-state index contributed by atoms with van der Waals surface area (Å²) >= 11 is 0. The zero-order chi connectivity index (χ0) is 16.7. The van der Waals surface area contributed by atoms with Crippen molar-refractivity contribution in [2.75, 3.05) is 13.1 Å². The minimum atomic E-state index is -0.490. The molecule has 5 nitrogen and oxygen atoms in total. The van der Waals surface area contributed by atoms with E-state index in [4.69, 9.17) is 5.73 Å². The Morgan fingerprint density at radius 3 is 2.96 bits per heavy atom. The highest BCUT2D eigenvalue weighted by atomic mass is 16.2. The van der Waals surface area contributed by atoms with Gasteiger partial charge in [0.2, 0.25) is 11.8 Å². The normalized spacial score (nSPS) is 25.8. The maximum atomic E-state index is 12.8. The van der Waals surface area contributed by atoms with Gasteiger partial charge in [0, 0.05) is 24.7 Å². The van der Waals surface area contributed by atoms with Crippen molar-refractivity contribution in [1.29, 1.82) is 0 Å². The molecule has 1 aliphatic heterocycles. The quantitative estimate of drug-likeness (QED) is 0.937. The van der Waals surface area contributed by atoms with Gasteiger partial charge in [0.1, 0.15) is 0 Å². The van der Waals surface area contributed by atoms with Crippen LogP contribution in [0.1, 0.15) is 24.8 Å². The van der Waals surface area contributed by atoms with Crippen molar-refractivity contribution in [3.05, 3.63) is 42.1 Å². The molecule has 4 rings (SSSR count). The van der Waals surface area contributed by atoms with E-state index in [1.165, 1.54) is 0 Å². The van der Waals surface area contributed by atoms with Crippen molar-refractivity contribution in [3.63, 3.8) is 0 Å². The molecule has 2 aromatic rings. The molecule has 2 heterocycles. The third-order valence-electron chi connectivity index (χ3n) is 5.79. The Hall–Kier alpha value is -2.43. The number of nitrogens with zero attached hydrogens (tertiary/aromatic N) is 2. The number of pyridine rings is 1. The lowest BCUT2D eigenvalue weighted by molar-refractivity contribution is -0.131. The summed E-state index contributed by atoms with van der Waals surface area (Å²) < 4.78 is 0. The number of likely N-dealkylation sites (tertiary alicyclic amines) is 1. The number of carbonyl (C=O) groups is 2. The number of hydrogen-bond donors (Lipinski definition) is 1. The van der Waals surface area contributed by atoms with E-state index in [2.05, 4.69) is 4.98 Å². The fourth-order valence-electron chi connectivity index (χ4n) is 4.48. The molecular formula is C19H21N3O2. The summed E-state index contributed by atoms with van der Waals surface area (Å²) in [6.07, 6.45) is 4.93. The Bertz CT molecular complexity index is 814. The molecule has 2 aliphatic rings. The number of primary amides is 1. The fourth-order valence-corrected chi connectivity index (χ4v) is 4.48. The van der Waals surface area contributed by atoms with Crippen LogP contribution < -0.4 is 5.73 Å². The van der Waals surface area contributed by atoms with E-state index >= 15 is 0 Å². The molecule has 1 saturated carbocycles. The molecule has 1 saturated heterocycles. The van der Waals surface area contributed by atoms with Gasteiger partial charge in [-0.1, -0.05) is 24.6 Å². The molecule has 0 unspecified atom stereocenters. The largest absolute Gasteiger partial charge is 0.369 e. The summed E-state index contributed by atoms with van der Waals surface area (Å²) in [6.45, 7) is 1.14. The topological polar surface area (TPSA) is 76.3 Å². The molecule has 0 radical (unpaired) electrons. The highest BCUT2D eigenvalue weighted by Crippen LogP contribution is 2.48. The number of fused-ring (bicyclic) bond motifs is 2. The van der Waals surface area contributed by atoms with Crippen LogP contribution >= 0.6 is 0 Å². The molecule has 2 fully saturated rings. The first-order valence-electron chi connectivity index (χ1n) is 8.50. The molecule has 2 atom stereocenters. The van der Waals surface area contributed by atoms with E-state index in [9.17, 15) is 9.59 Å². The van der Waals surface area contributed by atoms with Gasteiger partial charge in [-0.3, -0.25) is 14.6 Å². The molecule has 24 heavy (non-hydrogen) atoms. The standard InChI is InChI=1S/C19H21N3O2/c20-18(24)19-8-2-5-14(19)11-22(12-19)17(23)10-13-4-1-7-16-15(13)6-3-9-21-16/h1,3-4,6-7,9,14H,2,5,8,10-12H2,(H2,20,24)/t14-,19-/m0/s1. The summed E-state index contributed by atoms with van der Waals surface area (Å²) in [6, 6.07) is 9.74. The Morgan fingerprint density at radius 2 is 2.17 bits per heavy atom. The monoisotopic (exact) mass is 323 g/mol. The van der Waals surface area contributed by atoms with Gasteiger partial charge in [-0.2, -0.15) is 0 Å². The third-order valence-corrected chi connectivity index (χ3v) is 5.79. The summed E-state index contributed by atoms with van der Waals surface area (Å²) in [5.74, 6) is 0.0594. The van der Waals surface area contributed by atoms with Crippen molar-refractivity contribution >= 4 is 22.7 Å². The molecule has 1 aliphatic carbocycles. The summed E-state index contributed by atoms with van der Waals surface area (Å²) in [5.41, 5.74) is 7.07. The van der Waals surface area contributed by atoms with Crippen LogP contribution in [0.15, 0.2) is 36.5 Å². The van der Waals surface area contributed by atoms with Crippen LogP contribution in [0.2, 0.25) is 0 Å². The van der Waals surface area contributed by atoms with Crippen LogP contribution in [0.4, 0.5) is 0 Å². The minimum absolute atomic E-state index is 0.0707. The first kappa shape index (κ1) is 15.1. The van der Waals surface area contributed by atoms with Crippen LogP contribution in [-0.4, -0.2) is 34.8 Å². The summed E-state index contributed by atoms with van der Waals surface area (Å²) in [5, 5.41) is 1.01. The van der Waals surface area contributed by atoms with Gasteiger partial charge in [0.05, 0.1) is 17.4 Å². The van der Waals surface area contributed by atoms with Crippen LogP contribution in [0.3, 0.4) is 0 Å². The summed E-state index contributed by atoms with van der Waals surface area (Å²) in [4.78, 5) is 31.0. The molecule has 0 bridgehead atoms. The van der Waals surface area contributed by atoms with Crippen LogP contribution in [0.5, 0.6) is 0 Å². The molecule has 124 valence electrons. The predicted molar refractivity (Wildman–Crippen MR) is 91.0 cm³/mol. The summed E-state index contributed by atoms with van der Waals surface area (Å²) in [7, 11) is 0. The number of nitrogens with two attached hydrogens (primary N) is 1. The highest BCUT2D eigenvalue weighted by Gasteiger charge is 2.54. The molecule has 2 N–H and O–H groups in total. The molecular weight excluding hydrogens is 302 g/mol. The number of hydrogen-bond acceptors (Lipinski definition) is 3. The first-order valence-corrected chi connectivity index (χ1v) is 8.50. The average molecular weight is 323 g/mol. The zero-order valence-electron chi connectivity index (χ0n) is 13.6. The van der Waals surface area contributed by atoms with Crippen molar-refractivity contribution in [2.24, 2.45) is 17.1 Å². The Balaban J connectivity index is 1.56. The fraction of sp³-hybridized carbons (Fsp3) is 0.421. The second-order valence-electron chi connectivity index (χ2n) is 7.05. The van der Waals surface area contributed by atoms with Gasteiger partial charge in [-0.15, -0.1) is 0 Å². The lowest BCUT2D eigenvalue weighted by Gasteiger charge is -2.24. The van der Waals surface area contributed by atoms with Gasteiger partial charge in [-0.25, -0.2) is 0 Å². The Morgan fingerprint density at radius 1 is 1.29 bits per heavy atom. The van der Waals surface area contributed by atoms with Crippen LogP contribution in [0.25, 0.3) is 10.9 Å². The van der Waals surface area contributed by atoms with Gasteiger partial charge < -0.3 is 10.6 Å². The van der Waals surface area contributed by atoms with Crippen LogP contribution in [0, 0.1) is 11.3 Å². The van der Waals surface area contributed by atoms with E-state index in [0.717, 1.165) is 35.7 Å². The lowest BCUT2D eigenvalue weighted by atomic mass is 9.80. The number of amides is 2. The SMILES string of the molecule is NC(=O)[C@]12CCC[C@H]1CN(C(=O)Cc1cccc3ncccc13)C2. The van der Waals surface area contributed by atoms with E-state index < -0.39 is 5.41 Å². The third kappa shape index (κ3) is 2.27. The lowest BCUT2D eigenvalue weighted by Crippen LogP contribution is -2.41. The molecule has 1 aromatic heterocycles. The van der Waals surface area contributed by atoms with Crippen LogP contribution in [-0.2, 0) is 16.0 Å². The second-order valence-corrected chi connectivity index (χ2v) is 7.05. The van der Waals surface area contributed by atoms with E-state index in [0.29, 0.717) is 19.5 Å². The maximum Gasteiger partial charge on any atom is 0.227 e. The van der Waals surface area contributed by atoms with Crippen molar-refractivity contribution < 1.29 is 9.59 Å². The molecule has 5 heteroatoms. The number of benzene rings is 1. The molecule has 1 aromatic carbocycles. The average Bonchev–Trinajstić information content (AvgIpc) is 3.13. The maximum absolute atomic E-state index is 12.8. The van der Waals surface area contributed by atoms with Crippen molar-refractivity contribution in [1.82, 2.24) is 9.88 Å². The van der Waals surface area contributed by atoms with Gasteiger partial charge in [-0.05, 0) is 36.5 Å². The molecule has 0 spiro atoms. The molecule has 2 amide bonds. The van der Waals surface area contributed by atoms with E-state index in [1.807, 2.05) is 35.2 Å². The minimum Gasteiger partial charge on any atom is -0.369 e. The first-order chi connectivity index (χ1) is 11.6. The smallest absolute Gasteiger partial charge is 0.227 e. The second kappa shape index (κ2) is 5.58. The highest BCUT2D eigenvalue weighted by molar-refractivity contribution is 5.89. The predicted octanol–water partition coefficient (Wildman–Crippen LogP) is 1.89. The zero-order valence-corrected chi connectivity index (χ0v) is 13.6.